The van der Waals surface area contributed by atoms with Gasteiger partial charge in [0.15, 0.2) is 11.8 Å². The summed E-state index contributed by atoms with van der Waals surface area (Å²) in [5.41, 5.74) is 3.76. The molecule has 0 saturated carbocycles. The zero-order valence-corrected chi connectivity index (χ0v) is 18.5. The lowest BCUT2D eigenvalue weighted by atomic mass is 9.91. The van der Waals surface area contributed by atoms with Gasteiger partial charge >= 0.3 is 0 Å². The van der Waals surface area contributed by atoms with Crippen LogP contribution in [0.4, 0.5) is 0 Å². The molecule has 164 valence electrons. The molecule has 33 heavy (non-hydrogen) atoms. The van der Waals surface area contributed by atoms with Crippen molar-refractivity contribution in [2.45, 2.75) is 29.6 Å². The van der Waals surface area contributed by atoms with E-state index in [1.165, 1.54) is 3.97 Å². The summed E-state index contributed by atoms with van der Waals surface area (Å²) in [6, 6.07) is 10.1. The Morgan fingerprint density at radius 2 is 1.97 bits per heavy atom. The quantitative estimate of drug-likeness (QED) is 0.438. The fourth-order valence-electron chi connectivity index (χ4n) is 4.65. The molecule has 1 aromatic carbocycles. The zero-order chi connectivity index (χ0) is 22.7. The summed E-state index contributed by atoms with van der Waals surface area (Å²) in [6.07, 6.45) is 9.20. The van der Waals surface area contributed by atoms with E-state index in [4.69, 9.17) is 11.3 Å². The van der Waals surface area contributed by atoms with Gasteiger partial charge in [-0.3, -0.25) is 4.68 Å². The molecule has 8 nitrogen and oxygen atoms in total. The predicted molar refractivity (Wildman–Crippen MR) is 123 cm³/mol. The van der Waals surface area contributed by atoms with E-state index in [0.29, 0.717) is 17.5 Å². The first kappa shape index (κ1) is 19.9. The number of aryl methyl sites for hydroxylation is 1. The van der Waals surface area contributed by atoms with Crippen molar-refractivity contribution in [1.29, 1.82) is 0 Å². The number of fused-ring (bicyclic) bond motifs is 3. The summed E-state index contributed by atoms with van der Waals surface area (Å²) >= 11 is 0. The summed E-state index contributed by atoms with van der Waals surface area (Å²) in [4.78, 5) is 8.44. The second kappa shape index (κ2) is 7.13. The van der Waals surface area contributed by atoms with Crippen LogP contribution in [0.25, 0.3) is 32.6 Å². The van der Waals surface area contributed by atoms with Crippen LogP contribution in [0.2, 0.25) is 0 Å². The molecule has 0 N–H and O–H groups in total. The van der Waals surface area contributed by atoms with Crippen LogP contribution in [0.15, 0.2) is 72.2 Å². The Morgan fingerprint density at radius 1 is 1.15 bits per heavy atom. The molecular weight excluding hydrogens is 438 g/mol. The third kappa shape index (κ3) is 3.03. The highest BCUT2D eigenvalue weighted by Gasteiger charge is 2.46. The number of aromatic nitrogens is 4. The number of benzene rings is 1. The molecule has 2 aliphatic heterocycles. The number of nitrogens with zero attached hydrogens (tertiary/aromatic N) is 5. The highest BCUT2D eigenvalue weighted by atomic mass is 32.2. The van der Waals surface area contributed by atoms with E-state index in [0.717, 1.165) is 22.3 Å². The fraction of sp³-hybridized carbons (Fsp3) is 0.208. The van der Waals surface area contributed by atoms with Gasteiger partial charge in [-0.2, -0.15) is 5.10 Å². The molecule has 0 amide bonds. The number of hydrogen-bond donors (Lipinski definition) is 0. The molecule has 1 fully saturated rings. The van der Waals surface area contributed by atoms with E-state index in [2.05, 4.69) is 14.9 Å². The van der Waals surface area contributed by atoms with E-state index in [9.17, 15) is 8.42 Å². The first-order valence-corrected chi connectivity index (χ1v) is 11.9. The molecule has 3 atom stereocenters. The second-order valence-electron chi connectivity index (χ2n) is 8.30. The normalized spacial score (nSPS) is 21.9. The Labute approximate surface area is 190 Å². The van der Waals surface area contributed by atoms with Crippen LogP contribution in [0.5, 0.6) is 0 Å². The van der Waals surface area contributed by atoms with Crippen LogP contribution in [-0.4, -0.2) is 45.4 Å². The van der Waals surface area contributed by atoms with Crippen LogP contribution in [-0.2, 0) is 21.8 Å². The highest BCUT2D eigenvalue weighted by molar-refractivity contribution is 7.90. The molecule has 2 bridgehead atoms. The Morgan fingerprint density at radius 3 is 2.64 bits per heavy atom. The molecule has 1 saturated heterocycles. The summed E-state index contributed by atoms with van der Waals surface area (Å²) < 4.78 is 35.8. The molecule has 0 aliphatic carbocycles. The van der Waals surface area contributed by atoms with Gasteiger partial charge in [0, 0.05) is 42.2 Å². The zero-order valence-electron chi connectivity index (χ0n) is 17.7. The number of hydrogen-bond acceptors (Lipinski definition) is 5. The van der Waals surface area contributed by atoms with Crippen LogP contribution >= 0.6 is 0 Å². The van der Waals surface area contributed by atoms with Gasteiger partial charge in [-0.1, -0.05) is 18.2 Å². The maximum atomic E-state index is 13.5. The lowest BCUT2D eigenvalue weighted by Gasteiger charge is -2.12. The maximum absolute atomic E-state index is 13.5. The Bertz CT molecular complexity index is 1580. The SMILES string of the molecule is [C-]#[N+][C@@H]1C[C@H]2O[C@@H]1C=C2c1cnc2c(c1)c(-c1cnn(C)c1)cn2S(=O)(=O)c1ccccc1. The molecule has 3 aromatic heterocycles. The summed E-state index contributed by atoms with van der Waals surface area (Å²) in [7, 11) is -2.02. The Kier molecular flexibility index (Phi) is 4.30. The van der Waals surface area contributed by atoms with Gasteiger partial charge in [0.25, 0.3) is 16.1 Å². The largest absolute Gasteiger partial charge is 0.358 e. The maximum Gasteiger partial charge on any atom is 0.269 e. The minimum atomic E-state index is -3.84. The van der Waals surface area contributed by atoms with Crippen molar-refractivity contribution in [3.05, 3.63) is 84.2 Å². The van der Waals surface area contributed by atoms with E-state index < -0.39 is 10.0 Å². The molecule has 6 rings (SSSR count). The van der Waals surface area contributed by atoms with E-state index in [-0.39, 0.29) is 23.1 Å². The van der Waals surface area contributed by atoms with Crippen molar-refractivity contribution < 1.29 is 13.2 Å². The molecule has 0 spiro atoms. The third-order valence-electron chi connectivity index (χ3n) is 6.27. The first-order chi connectivity index (χ1) is 16.0. The van der Waals surface area contributed by atoms with E-state index >= 15 is 0 Å². The smallest absolute Gasteiger partial charge is 0.269 e. The van der Waals surface area contributed by atoms with Crippen LogP contribution in [0.3, 0.4) is 0 Å². The van der Waals surface area contributed by atoms with Crippen molar-refractivity contribution in [2.75, 3.05) is 0 Å². The number of ether oxygens (including phenoxy) is 1. The van der Waals surface area contributed by atoms with Gasteiger partial charge in [0.05, 0.1) is 23.6 Å². The van der Waals surface area contributed by atoms with Gasteiger partial charge < -0.3 is 9.58 Å². The monoisotopic (exact) mass is 457 g/mol. The Hall–Kier alpha value is -3.74. The van der Waals surface area contributed by atoms with Crippen LogP contribution in [0, 0.1) is 6.57 Å². The molecule has 5 heterocycles. The lowest BCUT2D eigenvalue weighted by Crippen LogP contribution is -2.16. The standard InChI is InChI=1S/C24H19N5O3S/c1-25-21-10-22-18(9-23(21)32-22)15-8-19-20(16-12-27-28(2)13-16)14-29(24(19)26-11-15)33(30,31)17-6-4-3-5-7-17/h3-9,11-14,21-23H,10H2,2H3/t21-,22-,23-/m1/s1. The molecule has 2 aliphatic rings. The van der Waals surface area contributed by atoms with Crippen molar-refractivity contribution in [3.63, 3.8) is 0 Å². The molecular formula is C24H19N5O3S. The van der Waals surface area contributed by atoms with Crippen molar-refractivity contribution in [2.24, 2.45) is 7.05 Å². The highest BCUT2D eigenvalue weighted by Crippen LogP contribution is 2.42. The van der Waals surface area contributed by atoms with E-state index in [1.54, 1.807) is 53.6 Å². The average molecular weight is 458 g/mol. The minimum absolute atomic E-state index is 0.134. The molecule has 9 heteroatoms. The van der Waals surface area contributed by atoms with Crippen LogP contribution < -0.4 is 0 Å². The van der Waals surface area contributed by atoms with Gasteiger partial charge in [0.1, 0.15) is 0 Å². The van der Waals surface area contributed by atoms with Gasteiger partial charge in [-0.25, -0.2) is 23.9 Å². The third-order valence-corrected chi connectivity index (χ3v) is 7.94. The fourth-order valence-corrected chi connectivity index (χ4v) is 5.99. The molecule has 4 aromatic rings. The Balaban J connectivity index is 1.55. The topological polar surface area (TPSA) is 83.4 Å². The minimum Gasteiger partial charge on any atom is -0.358 e. The van der Waals surface area contributed by atoms with Crippen molar-refractivity contribution in [3.8, 4) is 11.1 Å². The van der Waals surface area contributed by atoms with Crippen molar-refractivity contribution in [1.82, 2.24) is 18.7 Å². The number of pyridine rings is 1. The lowest BCUT2D eigenvalue weighted by molar-refractivity contribution is 0.123. The average Bonchev–Trinajstić information content (AvgIpc) is 3.61. The molecule has 0 unspecified atom stereocenters. The van der Waals surface area contributed by atoms with E-state index in [1.807, 2.05) is 25.4 Å². The predicted octanol–water partition coefficient (Wildman–Crippen LogP) is 3.52. The first-order valence-electron chi connectivity index (χ1n) is 10.5. The van der Waals surface area contributed by atoms with Crippen LogP contribution in [0.1, 0.15) is 12.0 Å². The van der Waals surface area contributed by atoms with Gasteiger partial charge in [-0.05, 0) is 35.4 Å². The molecule has 0 radical (unpaired) electrons. The van der Waals surface area contributed by atoms with Gasteiger partial charge in [0.2, 0.25) is 0 Å². The summed E-state index contributed by atoms with van der Waals surface area (Å²) in [5, 5.41) is 4.97. The van der Waals surface area contributed by atoms with Crippen molar-refractivity contribution >= 4 is 26.6 Å². The second-order valence-corrected chi connectivity index (χ2v) is 10.1. The summed E-state index contributed by atoms with van der Waals surface area (Å²) in [5.74, 6) is 0. The number of rotatable bonds is 4. The summed E-state index contributed by atoms with van der Waals surface area (Å²) in [6.45, 7) is 7.33. The van der Waals surface area contributed by atoms with Gasteiger partial charge in [-0.15, -0.1) is 0 Å².